The molecule has 35 heavy (non-hydrogen) atoms. The third-order valence-corrected chi connectivity index (χ3v) is 5.73. The minimum atomic E-state index is -4.65. The lowest BCUT2D eigenvalue weighted by Crippen LogP contribution is -2.20. The van der Waals surface area contributed by atoms with Gasteiger partial charge in [-0.1, -0.05) is 28.9 Å². The number of hydrogen-bond acceptors (Lipinski definition) is 5. The topological polar surface area (TPSA) is 75.1 Å². The largest absolute Gasteiger partial charge is 0.497 e. The molecule has 0 spiro atoms. The van der Waals surface area contributed by atoms with E-state index in [1.165, 1.54) is 30.5 Å². The van der Waals surface area contributed by atoms with Crippen LogP contribution >= 0.6 is 11.6 Å². The zero-order valence-electron chi connectivity index (χ0n) is 18.1. The quantitative estimate of drug-likeness (QED) is 0.315. The van der Waals surface area contributed by atoms with Gasteiger partial charge in [0.15, 0.2) is 11.3 Å². The number of halogens is 4. The lowest BCUT2D eigenvalue weighted by Gasteiger charge is -2.13. The summed E-state index contributed by atoms with van der Waals surface area (Å²) in [6, 6.07) is 14.9. The van der Waals surface area contributed by atoms with Crippen molar-refractivity contribution in [3.63, 3.8) is 0 Å². The Morgan fingerprint density at radius 2 is 1.83 bits per heavy atom. The zero-order valence-corrected chi connectivity index (χ0v) is 18.8. The molecule has 0 amide bonds. The van der Waals surface area contributed by atoms with Crippen LogP contribution in [0.15, 0.2) is 76.3 Å². The van der Waals surface area contributed by atoms with Crippen LogP contribution in [-0.2, 0) is 12.7 Å². The Labute approximate surface area is 200 Å². The van der Waals surface area contributed by atoms with Crippen LogP contribution in [0.5, 0.6) is 5.75 Å². The van der Waals surface area contributed by atoms with E-state index in [1.807, 2.05) is 12.1 Å². The Morgan fingerprint density at radius 3 is 2.51 bits per heavy atom. The van der Waals surface area contributed by atoms with E-state index in [-0.39, 0.29) is 17.8 Å². The van der Waals surface area contributed by atoms with Crippen molar-refractivity contribution >= 4 is 22.7 Å². The van der Waals surface area contributed by atoms with Crippen LogP contribution in [-0.4, -0.2) is 26.7 Å². The number of aromatic nitrogens is 4. The third kappa shape index (κ3) is 4.28. The van der Waals surface area contributed by atoms with E-state index in [2.05, 4.69) is 10.3 Å². The summed E-state index contributed by atoms with van der Waals surface area (Å²) < 4.78 is 52.7. The second-order valence-electron chi connectivity index (χ2n) is 7.67. The first-order valence-corrected chi connectivity index (χ1v) is 10.7. The van der Waals surface area contributed by atoms with Crippen molar-refractivity contribution in [2.24, 2.45) is 0 Å². The molecule has 0 aliphatic carbocycles. The van der Waals surface area contributed by atoms with Gasteiger partial charge in [0, 0.05) is 28.3 Å². The predicted octanol–water partition coefficient (Wildman–Crippen LogP) is 5.57. The molecule has 0 radical (unpaired) electrons. The molecule has 3 aromatic heterocycles. The Kier molecular flexibility index (Phi) is 5.60. The van der Waals surface area contributed by atoms with Crippen LogP contribution in [0.1, 0.15) is 11.3 Å². The summed E-state index contributed by atoms with van der Waals surface area (Å²) in [7, 11) is 1.57. The summed E-state index contributed by atoms with van der Waals surface area (Å²) in [5.74, 6) is 0.695. The van der Waals surface area contributed by atoms with Crippen LogP contribution in [0.2, 0.25) is 5.02 Å². The lowest BCUT2D eigenvalue weighted by atomic mass is 10.0. The van der Waals surface area contributed by atoms with Gasteiger partial charge in [0.1, 0.15) is 5.75 Å². The molecule has 178 valence electrons. The van der Waals surface area contributed by atoms with Crippen molar-refractivity contribution in [1.82, 2.24) is 19.6 Å². The molecule has 5 aromatic rings. The maximum atomic E-state index is 13.2. The van der Waals surface area contributed by atoms with Crippen molar-refractivity contribution in [2.75, 3.05) is 7.11 Å². The molecule has 5 rings (SSSR count). The average Bonchev–Trinajstić information content (AvgIpc) is 3.51. The average molecular weight is 501 g/mol. The third-order valence-electron chi connectivity index (χ3n) is 5.49. The Hall–Kier alpha value is -4.05. The van der Waals surface area contributed by atoms with Crippen LogP contribution in [0.3, 0.4) is 0 Å². The number of alkyl halides is 3. The maximum absolute atomic E-state index is 13.2. The van der Waals surface area contributed by atoms with Gasteiger partial charge in [0.2, 0.25) is 0 Å². The summed E-state index contributed by atoms with van der Waals surface area (Å²) in [6.45, 7) is 0.277. The number of benzene rings is 2. The molecule has 0 saturated carbocycles. The highest BCUT2D eigenvalue weighted by atomic mass is 35.5. The van der Waals surface area contributed by atoms with Gasteiger partial charge in [-0.3, -0.25) is 4.79 Å². The fraction of sp³-hybridized carbons (Fsp3) is 0.125. The van der Waals surface area contributed by atoms with Gasteiger partial charge in [0.05, 0.1) is 37.3 Å². The highest BCUT2D eigenvalue weighted by molar-refractivity contribution is 6.31. The van der Waals surface area contributed by atoms with Crippen LogP contribution < -0.4 is 10.3 Å². The van der Waals surface area contributed by atoms with Crippen molar-refractivity contribution in [2.45, 2.75) is 12.7 Å². The maximum Gasteiger partial charge on any atom is 0.436 e. The van der Waals surface area contributed by atoms with Gasteiger partial charge >= 0.3 is 6.18 Å². The monoisotopic (exact) mass is 500 g/mol. The summed E-state index contributed by atoms with van der Waals surface area (Å²) in [5, 5.41) is 7.17. The van der Waals surface area contributed by atoms with E-state index in [9.17, 15) is 18.0 Å². The molecule has 0 atom stereocenters. The van der Waals surface area contributed by atoms with E-state index >= 15 is 0 Å². The number of ether oxygens (including phenoxy) is 1. The highest BCUT2D eigenvalue weighted by Gasteiger charge is 2.34. The first-order chi connectivity index (χ1) is 16.7. The lowest BCUT2D eigenvalue weighted by molar-refractivity contribution is -0.141. The molecular formula is C24H16ClF3N4O3. The number of rotatable bonds is 5. The van der Waals surface area contributed by atoms with E-state index < -0.39 is 11.9 Å². The highest BCUT2D eigenvalue weighted by Crippen LogP contribution is 2.35. The first-order valence-electron chi connectivity index (χ1n) is 10.3. The summed E-state index contributed by atoms with van der Waals surface area (Å²) in [5.41, 5.74) is 1.27. The molecule has 0 unspecified atom stereocenters. The molecule has 3 heterocycles. The van der Waals surface area contributed by atoms with Crippen molar-refractivity contribution in [1.29, 1.82) is 0 Å². The first kappa shape index (κ1) is 22.7. The van der Waals surface area contributed by atoms with E-state index in [0.717, 1.165) is 16.4 Å². The van der Waals surface area contributed by atoms with Crippen molar-refractivity contribution < 1.29 is 22.3 Å². The molecule has 11 heteroatoms. The van der Waals surface area contributed by atoms with Gasteiger partial charge in [-0.2, -0.15) is 13.2 Å². The van der Waals surface area contributed by atoms with Crippen LogP contribution in [0.25, 0.3) is 27.9 Å². The number of furan rings is 1. The number of methoxy groups -OCH3 is 1. The second kappa shape index (κ2) is 8.62. The Morgan fingerprint density at radius 1 is 1.06 bits per heavy atom. The molecule has 0 bridgehead atoms. The number of hydrogen-bond donors (Lipinski definition) is 0. The zero-order chi connectivity index (χ0) is 24.7. The summed E-state index contributed by atoms with van der Waals surface area (Å²) in [4.78, 5) is 13.2. The molecule has 2 aromatic carbocycles. The van der Waals surface area contributed by atoms with Gasteiger partial charge in [-0.15, -0.1) is 5.10 Å². The molecule has 0 fully saturated rings. The molecular weight excluding hydrogens is 485 g/mol. The number of fused-ring (bicyclic) bond motifs is 1. The molecule has 0 aliphatic heterocycles. The van der Waals surface area contributed by atoms with Gasteiger partial charge < -0.3 is 13.7 Å². The summed E-state index contributed by atoms with van der Waals surface area (Å²) >= 11 is 6.21. The SMILES string of the molecule is COc1ccc(Cn2c(=O)cc(-c3cc(Cl)ccc3-n3cc(C(F)(F)F)nn3)c3occc32)cc1. The Balaban J connectivity index is 1.64. The van der Waals surface area contributed by atoms with Crippen LogP contribution in [0, 0.1) is 0 Å². The predicted molar refractivity (Wildman–Crippen MR) is 123 cm³/mol. The number of nitrogens with zero attached hydrogens (tertiary/aromatic N) is 4. The summed E-state index contributed by atoms with van der Waals surface area (Å²) in [6.07, 6.45) is -2.43. The molecule has 0 aliphatic rings. The second-order valence-corrected chi connectivity index (χ2v) is 8.11. The smallest absolute Gasteiger partial charge is 0.436 e. The molecule has 0 N–H and O–H groups in total. The standard InChI is InChI=1S/C24H16ClF3N4O3/c1-34-16-5-2-14(3-6-16)12-31-20-8-9-35-23(20)18(11-22(31)33)17-10-15(25)4-7-19(17)32-13-21(29-30-32)24(26,27)28/h2-11,13H,12H2,1H3. The van der Waals surface area contributed by atoms with E-state index in [4.69, 9.17) is 20.8 Å². The van der Waals surface area contributed by atoms with Gasteiger partial charge in [0.25, 0.3) is 5.56 Å². The number of pyridine rings is 1. The minimum absolute atomic E-state index is 0.252. The van der Waals surface area contributed by atoms with Gasteiger partial charge in [-0.25, -0.2) is 4.68 Å². The normalized spacial score (nSPS) is 11.8. The van der Waals surface area contributed by atoms with E-state index in [0.29, 0.717) is 33.0 Å². The molecule has 7 nitrogen and oxygen atoms in total. The Bertz CT molecular complexity index is 1590. The van der Waals surface area contributed by atoms with Crippen molar-refractivity contribution in [3.05, 3.63) is 93.7 Å². The minimum Gasteiger partial charge on any atom is -0.497 e. The van der Waals surface area contributed by atoms with Crippen molar-refractivity contribution in [3.8, 4) is 22.6 Å². The van der Waals surface area contributed by atoms with Gasteiger partial charge in [-0.05, 0) is 35.9 Å². The van der Waals surface area contributed by atoms with Crippen LogP contribution in [0.4, 0.5) is 13.2 Å². The fourth-order valence-electron chi connectivity index (χ4n) is 3.81. The molecule has 0 saturated heterocycles. The van der Waals surface area contributed by atoms with E-state index in [1.54, 1.807) is 29.9 Å². The fourth-order valence-corrected chi connectivity index (χ4v) is 3.99.